The number of carboxylic acids is 1. The minimum absolute atomic E-state index is 0.0619. The molecule has 18 heavy (non-hydrogen) atoms. The molecule has 0 saturated carbocycles. The molecule has 0 fully saturated rings. The van der Waals surface area contributed by atoms with Crippen molar-refractivity contribution in [1.29, 1.82) is 0 Å². The number of rotatable bonds is 3. The maximum atomic E-state index is 11.1. The van der Waals surface area contributed by atoms with Crippen LogP contribution in [0.5, 0.6) is 0 Å². The third kappa shape index (κ3) is 2.13. The molecular weight excluding hydrogens is 276 g/mol. The molecule has 7 heteroatoms. The monoisotopic (exact) mass is 286 g/mol. The van der Waals surface area contributed by atoms with Crippen molar-refractivity contribution in [2.24, 2.45) is 10.7 Å². The van der Waals surface area contributed by atoms with Gasteiger partial charge in [0.1, 0.15) is 23.9 Å². The number of hydrogen-bond acceptors (Lipinski definition) is 4. The second kappa shape index (κ2) is 4.70. The third-order valence-electron chi connectivity index (χ3n) is 2.41. The van der Waals surface area contributed by atoms with Gasteiger partial charge in [0, 0.05) is 12.1 Å². The van der Waals surface area contributed by atoms with E-state index in [9.17, 15) is 4.79 Å². The quantitative estimate of drug-likeness (QED) is 0.469. The first kappa shape index (κ1) is 13.0. The highest BCUT2D eigenvalue weighted by molar-refractivity contribution is 8.07. The second-order valence-electron chi connectivity index (χ2n) is 3.62. The van der Waals surface area contributed by atoms with E-state index in [1.807, 2.05) is 6.92 Å². The Balaban J connectivity index is 2.41. The fourth-order valence-electron chi connectivity index (χ4n) is 1.60. The zero-order valence-corrected chi connectivity index (χ0v) is 11.1. The molecule has 96 valence electrons. The topological polar surface area (TPSA) is 84.9 Å². The lowest BCUT2D eigenvalue weighted by molar-refractivity contribution is -0.132. The number of carbonyl (C=O) groups is 1. The van der Waals surface area contributed by atoms with E-state index in [0.29, 0.717) is 17.0 Å². The lowest BCUT2D eigenvalue weighted by Crippen LogP contribution is -2.32. The Morgan fingerprint density at radius 3 is 3.00 bits per heavy atom. The number of aliphatic imine (C=N–C) groups is 1. The second-order valence-corrected chi connectivity index (χ2v) is 5.73. The number of hydrogen-bond donors (Lipinski definition) is 2. The first-order valence-corrected chi connectivity index (χ1v) is 6.38. The summed E-state index contributed by atoms with van der Waals surface area (Å²) < 4.78 is 3.94. The van der Waals surface area contributed by atoms with Gasteiger partial charge in [-0.15, -0.1) is 0 Å². The molecule has 2 aliphatic rings. The van der Waals surface area contributed by atoms with E-state index >= 15 is 0 Å². The van der Waals surface area contributed by atoms with Gasteiger partial charge in [0.15, 0.2) is 4.21 Å². The van der Waals surface area contributed by atoms with E-state index in [-0.39, 0.29) is 11.4 Å². The van der Waals surface area contributed by atoms with Gasteiger partial charge in [-0.1, -0.05) is 23.4 Å². The third-order valence-corrected chi connectivity index (χ3v) is 4.11. The summed E-state index contributed by atoms with van der Waals surface area (Å²) in [4.78, 5) is 15.8. The summed E-state index contributed by atoms with van der Waals surface area (Å²) in [7, 11) is 0. The van der Waals surface area contributed by atoms with Crippen molar-refractivity contribution in [2.45, 2.75) is 11.1 Å². The van der Waals surface area contributed by atoms with Crippen molar-refractivity contribution in [3.8, 4) is 0 Å². The van der Waals surface area contributed by atoms with Gasteiger partial charge in [-0.05, 0) is 13.0 Å². The molecule has 0 saturated heterocycles. The lowest BCUT2D eigenvalue weighted by Gasteiger charge is -2.17. The summed E-state index contributed by atoms with van der Waals surface area (Å²) >= 11 is 7.57. The van der Waals surface area contributed by atoms with E-state index in [2.05, 4.69) is 4.99 Å². The number of alkyl halides is 1. The molecule has 0 spiro atoms. The summed E-state index contributed by atoms with van der Waals surface area (Å²) in [6.07, 6.45) is 4.22. The molecule has 2 aliphatic heterocycles. The highest BCUT2D eigenvalue weighted by Crippen LogP contribution is 2.51. The number of halogens is 1. The van der Waals surface area contributed by atoms with Crippen LogP contribution >= 0.6 is 23.4 Å². The van der Waals surface area contributed by atoms with Crippen LogP contribution in [-0.2, 0) is 9.53 Å². The predicted molar refractivity (Wildman–Crippen MR) is 71.3 cm³/mol. The summed E-state index contributed by atoms with van der Waals surface area (Å²) in [5, 5.41) is 9.07. The van der Waals surface area contributed by atoms with Gasteiger partial charge in [0.2, 0.25) is 0 Å². The number of fused-ring (bicyclic) bond motifs is 1. The molecule has 0 aromatic carbocycles. The van der Waals surface area contributed by atoms with E-state index < -0.39 is 10.2 Å². The summed E-state index contributed by atoms with van der Waals surface area (Å²) in [6, 6.07) is 0. The average molecular weight is 287 g/mol. The number of ether oxygens (including phenoxy) is 1. The molecule has 3 N–H and O–H groups in total. The number of nitrogens with two attached hydrogens (primary N) is 1. The summed E-state index contributed by atoms with van der Waals surface area (Å²) in [5.74, 6) is -0.816. The Morgan fingerprint density at radius 2 is 2.39 bits per heavy atom. The lowest BCUT2D eigenvalue weighted by atomic mass is 10.1. The van der Waals surface area contributed by atoms with E-state index in [0.717, 1.165) is 0 Å². The summed E-state index contributed by atoms with van der Waals surface area (Å²) in [6.45, 7) is 2.36. The first-order valence-electron chi connectivity index (χ1n) is 5.19. The number of carboxylic acid groups (broad SMARTS) is 1. The summed E-state index contributed by atoms with van der Waals surface area (Å²) in [5.41, 5.74) is 6.40. The fraction of sp³-hybridized carbons (Fsp3) is 0.273. The van der Waals surface area contributed by atoms with E-state index in [1.165, 1.54) is 24.3 Å². The zero-order chi connectivity index (χ0) is 13.3. The Labute approximate surface area is 113 Å². The highest BCUT2D eigenvalue weighted by atomic mass is 35.5. The van der Waals surface area contributed by atoms with Gasteiger partial charge >= 0.3 is 5.97 Å². The largest absolute Gasteiger partial charge is 0.478 e. The van der Waals surface area contributed by atoms with Gasteiger partial charge in [0.05, 0.1) is 4.91 Å². The number of nitrogens with zero attached hydrogens (tertiary/aromatic N) is 1. The standard InChI is InChI=1S/C11H11ClN2O3S/c1-2-14-10(13)11(12)3-6-7(9(15)16)4-17-5-8(6)18-11/h3-5H,2H2,1H3,(H2,13,14)(H,15,16). The van der Waals surface area contributed by atoms with Crippen LogP contribution in [0.3, 0.4) is 0 Å². The van der Waals surface area contributed by atoms with Gasteiger partial charge in [0.25, 0.3) is 0 Å². The molecular formula is C11H11ClN2O3S. The molecule has 0 radical (unpaired) electrons. The van der Waals surface area contributed by atoms with Crippen LogP contribution in [0, 0.1) is 0 Å². The average Bonchev–Trinajstić information content (AvgIpc) is 2.66. The SMILES string of the molecule is CCN=C(N)C1(Cl)C=C2C(=COC=C2C(=O)O)S1. The maximum Gasteiger partial charge on any atom is 0.339 e. The minimum atomic E-state index is -1.07. The number of allylic oxidation sites excluding steroid dienone is 1. The molecule has 1 atom stereocenters. The zero-order valence-electron chi connectivity index (χ0n) is 9.51. The Morgan fingerprint density at radius 1 is 1.67 bits per heavy atom. The molecule has 2 heterocycles. The smallest absolute Gasteiger partial charge is 0.339 e. The number of thioether (sulfide) groups is 1. The van der Waals surface area contributed by atoms with Gasteiger partial charge in [-0.3, -0.25) is 4.99 Å². The Kier molecular flexibility index (Phi) is 3.41. The van der Waals surface area contributed by atoms with Gasteiger partial charge in [-0.2, -0.15) is 0 Å². The van der Waals surface area contributed by atoms with Crippen molar-refractivity contribution >= 4 is 35.2 Å². The van der Waals surface area contributed by atoms with Crippen molar-refractivity contribution < 1.29 is 14.6 Å². The number of aliphatic carboxylic acids is 1. The first-order chi connectivity index (χ1) is 8.48. The molecule has 1 unspecified atom stereocenters. The van der Waals surface area contributed by atoms with Crippen LogP contribution in [0.1, 0.15) is 6.92 Å². The van der Waals surface area contributed by atoms with Crippen molar-refractivity contribution in [3.63, 3.8) is 0 Å². The van der Waals surface area contributed by atoms with Crippen LogP contribution in [0.4, 0.5) is 0 Å². The van der Waals surface area contributed by atoms with Crippen LogP contribution < -0.4 is 5.73 Å². The molecule has 0 amide bonds. The van der Waals surface area contributed by atoms with Crippen LogP contribution in [0.25, 0.3) is 0 Å². The van der Waals surface area contributed by atoms with Crippen molar-refractivity contribution in [3.05, 3.63) is 34.7 Å². The maximum absolute atomic E-state index is 11.1. The normalized spacial score (nSPS) is 26.8. The van der Waals surface area contributed by atoms with Gasteiger partial charge in [-0.25, -0.2) is 4.79 Å². The predicted octanol–water partition coefficient (Wildman–Crippen LogP) is 1.81. The molecule has 5 nitrogen and oxygen atoms in total. The fourth-order valence-corrected chi connectivity index (χ4v) is 3.06. The molecule has 0 bridgehead atoms. The molecule has 0 aromatic heterocycles. The van der Waals surface area contributed by atoms with Crippen LogP contribution in [0.2, 0.25) is 0 Å². The van der Waals surface area contributed by atoms with Crippen molar-refractivity contribution in [2.75, 3.05) is 6.54 Å². The van der Waals surface area contributed by atoms with Crippen LogP contribution in [0.15, 0.2) is 39.6 Å². The van der Waals surface area contributed by atoms with Crippen molar-refractivity contribution in [1.82, 2.24) is 0 Å². The minimum Gasteiger partial charge on any atom is -0.478 e. The van der Waals surface area contributed by atoms with E-state index in [1.54, 1.807) is 6.08 Å². The highest BCUT2D eigenvalue weighted by Gasteiger charge is 2.42. The van der Waals surface area contributed by atoms with E-state index in [4.69, 9.17) is 27.2 Å². The Hall–Kier alpha value is -1.40. The molecule has 0 aliphatic carbocycles. The number of amidine groups is 1. The Bertz CT molecular complexity index is 524. The molecule has 0 aromatic rings. The van der Waals surface area contributed by atoms with Gasteiger partial charge < -0.3 is 15.6 Å². The van der Waals surface area contributed by atoms with Crippen LogP contribution in [-0.4, -0.2) is 27.7 Å². The molecule has 2 rings (SSSR count).